The smallest absolute Gasteiger partial charge is 0.200 e. The van der Waals surface area contributed by atoms with E-state index in [9.17, 15) is 8.42 Å². The molecule has 0 aliphatic carbocycles. The molecule has 0 spiro atoms. The SMILES string of the molecule is C/C(=N/NS(=O)(=O)c1ccccc1)c1ccc(Cl)cc1Cl. The molecule has 7 heteroatoms. The Morgan fingerprint density at radius 2 is 1.76 bits per heavy atom. The average molecular weight is 343 g/mol. The number of hydrogen-bond donors (Lipinski definition) is 1. The summed E-state index contributed by atoms with van der Waals surface area (Å²) in [5.41, 5.74) is 1.05. The topological polar surface area (TPSA) is 58.5 Å². The Balaban J connectivity index is 2.24. The highest BCUT2D eigenvalue weighted by Gasteiger charge is 2.12. The zero-order valence-electron chi connectivity index (χ0n) is 11.0. The second-order valence-corrected chi connectivity index (χ2v) is 6.73. The van der Waals surface area contributed by atoms with Crippen molar-refractivity contribution in [3.05, 3.63) is 64.1 Å². The molecule has 0 aliphatic heterocycles. The molecule has 0 amide bonds. The van der Waals surface area contributed by atoms with Gasteiger partial charge in [0.1, 0.15) is 0 Å². The van der Waals surface area contributed by atoms with E-state index in [1.165, 1.54) is 12.1 Å². The van der Waals surface area contributed by atoms with Gasteiger partial charge in [-0.2, -0.15) is 18.4 Å². The van der Waals surface area contributed by atoms with Gasteiger partial charge >= 0.3 is 0 Å². The van der Waals surface area contributed by atoms with E-state index in [4.69, 9.17) is 23.2 Å². The van der Waals surface area contributed by atoms with Crippen LogP contribution in [0.5, 0.6) is 0 Å². The zero-order chi connectivity index (χ0) is 15.5. The fourth-order valence-corrected chi connectivity index (χ4v) is 3.05. The van der Waals surface area contributed by atoms with Crippen molar-refractivity contribution in [2.75, 3.05) is 0 Å². The Bertz CT molecular complexity index is 775. The van der Waals surface area contributed by atoms with Crippen LogP contribution in [-0.2, 0) is 10.0 Å². The first-order valence-corrected chi connectivity index (χ1v) is 8.20. The van der Waals surface area contributed by atoms with E-state index in [2.05, 4.69) is 9.93 Å². The third-order valence-corrected chi connectivity index (χ3v) is 4.48. The number of benzene rings is 2. The Labute approximate surface area is 133 Å². The van der Waals surface area contributed by atoms with Crippen LogP contribution in [0.2, 0.25) is 10.0 Å². The van der Waals surface area contributed by atoms with Gasteiger partial charge in [0.15, 0.2) is 0 Å². The number of hydrazone groups is 1. The van der Waals surface area contributed by atoms with Crippen LogP contribution in [0.3, 0.4) is 0 Å². The summed E-state index contributed by atoms with van der Waals surface area (Å²) in [6, 6.07) is 12.9. The monoisotopic (exact) mass is 342 g/mol. The molecule has 0 atom stereocenters. The summed E-state index contributed by atoms with van der Waals surface area (Å²) in [5, 5.41) is 4.79. The molecule has 0 unspecified atom stereocenters. The first kappa shape index (κ1) is 15.8. The molecule has 21 heavy (non-hydrogen) atoms. The molecule has 0 bridgehead atoms. The maximum atomic E-state index is 12.0. The van der Waals surface area contributed by atoms with Crippen molar-refractivity contribution in [2.45, 2.75) is 11.8 Å². The molecule has 0 aromatic heterocycles. The number of nitrogens with zero attached hydrogens (tertiary/aromatic N) is 1. The summed E-state index contributed by atoms with van der Waals surface area (Å²) >= 11 is 11.9. The fourth-order valence-electron chi connectivity index (χ4n) is 1.62. The molecule has 4 nitrogen and oxygen atoms in total. The summed E-state index contributed by atoms with van der Waals surface area (Å²) in [6.45, 7) is 1.66. The van der Waals surface area contributed by atoms with Gasteiger partial charge in [0, 0.05) is 10.6 Å². The Kier molecular flexibility index (Phi) is 4.88. The average Bonchev–Trinajstić information content (AvgIpc) is 2.46. The van der Waals surface area contributed by atoms with Crippen molar-refractivity contribution >= 4 is 38.9 Å². The zero-order valence-corrected chi connectivity index (χ0v) is 13.4. The number of sulfonamides is 1. The molecular weight excluding hydrogens is 331 g/mol. The lowest BCUT2D eigenvalue weighted by Crippen LogP contribution is -2.19. The molecule has 1 N–H and O–H groups in total. The second-order valence-electron chi connectivity index (χ2n) is 4.23. The maximum Gasteiger partial charge on any atom is 0.276 e. The van der Waals surface area contributed by atoms with Gasteiger partial charge in [0.2, 0.25) is 0 Å². The van der Waals surface area contributed by atoms with Gasteiger partial charge in [0.25, 0.3) is 10.0 Å². The van der Waals surface area contributed by atoms with Crippen LogP contribution in [0.25, 0.3) is 0 Å². The van der Waals surface area contributed by atoms with Gasteiger partial charge in [0.05, 0.1) is 15.6 Å². The standard InChI is InChI=1S/C14H12Cl2N2O2S/c1-10(13-8-7-11(15)9-14(13)16)17-18-21(19,20)12-5-3-2-4-6-12/h2-9,18H,1H3/b17-10-. The lowest BCUT2D eigenvalue weighted by molar-refractivity contribution is 0.584. The highest BCUT2D eigenvalue weighted by molar-refractivity contribution is 7.89. The number of hydrogen-bond acceptors (Lipinski definition) is 3. The van der Waals surface area contributed by atoms with Crippen LogP contribution in [0.15, 0.2) is 58.5 Å². The van der Waals surface area contributed by atoms with E-state index < -0.39 is 10.0 Å². The quantitative estimate of drug-likeness (QED) is 0.680. The van der Waals surface area contributed by atoms with Crippen LogP contribution >= 0.6 is 23.2 Å². The molecule has 0 aliphatic rings. The van der Waals surface area contributed by atoms with Gasteiger partial charge < -0.3 is 0 Å². The number of rotatable bonds is 4. The molecular formula is C14H12Cl2N2O2S. The van der Waals surface area contributed by atoms with Gasteiger partial charge in [-0.25, -0.2) is 0 Å². The predicted octanol–water partition coefficient (Wildman–Crippen LogP) is 3.70. The Morgan fingerprint density at radius 3 is 2.38 bits per heavy atom. The van der Waals surface area contributed by atoms with E-state index >= 15 is 0 Å². The predicted molar refractivity (Wildman–Crippen MR) is 85.4 cm³/mol. The summed E-state index contributed by atoms with van der Waals surface area (Å²) in [6.07, 6.45) is 0. The summed E-state index contributed by atoms with van der Waals surface area (Å²) < 4.78 is 24.1. The lowest BCUT2D eigenvalue weighted by atomic mass is 10.1. The molecule has 0 radical (unpaired) electrons. The van der Waals surface area contributed by atoms with Crippen LogP contribution in [0, 0.1) is 0 Å². The van der Waals surface area contributed by atoms with E-state index in [1.807, 2.05) is 0 Å². The van der Waals surface area contributed by atoms with Crippen LogP contribution < -0.4 is 4.83 Å². The van der Waals surface area contributed by atoms with Crippen molar-refractivity contribution in [1.82, 2.24) is 4.83 Å². The molecule has 110 valence electrons. The van der Waals surface area contributed by atoms with E-state index in [0.29, 0.717) is 21.3 Å². The molecule has 2 aromatic rings. The summed E-state index contributed by atoms with van der Waals surface area (Å²) in [7, 11) is -3.69. The van der Waals surface area contributed by atoms with Crippen molar-refractivity contribution in [1.29, 1.82) is 0 Å². The maximum absolute atomic E-state index is 12.0. The number of nitrogens with one attached hydrogen (secondary N) is 1. The first-order chi connectivity index (χ1) is 9.90. The van der Waals surface area contributed by atoms with Gasteiger partial charge in [-0.1, -0.05) is 47.5 Å². The third kappa shape index (κ3) is 3.97. The fraction of sp³-hybridized carbons (Fsp3) is 0.0714. The van der Waals surface area contributed by atoms with Crippen LogP contribution in [-0.4, -0.2) is 14.1 Å². The molecule has 0 heterocycles. The highest BCUT2D eigenvalue weighted by atomic mass is 35.5. The van der Waals surface area contributed by atoms with E-state index in [1.54, 1.807) is 43.3 Å². The molecule has 0 fully saturated rings. The summed E-state index contributed by atoms with van der Waals surface area (Å²) in [4.78, 5) is 2.33. The summed E-state index contributed by atoms with van der Waals surface area (Å²) in [5.74, 6) is 0. The van der Waals surface area contributed by atoms with E-state index in [0.717, 1.165) is 0 Å². The van der Waals surface area contributed by atoms with Gasteiger partial charge in [-0.05, 0) is 31.2 Å². The number of halogens is 2. The normalized spacial score (nSPS) is 12.2. The van der Waals surface area contributed by atoms with Gasteiger partial charge in [-0.3, -0.25) is 0 Å². The van der Waals surface area contributed by atoms with Crippen molar-refractivity contribution in [3.63, 3.8) is 0 Å². The minimum atomic E-state index is -3.69. The Hall–Kier alpha value is -1.56. The van der Waals surface area contributed by atoms with E-state index in [-0.39, 0.29) is 4.90 Å². The highest BCUT2D eigenvalue weighted by Crippen LogP contribution is 2.21. The minimum absolute atomic E-state index is 0.142. The first-order valence-electron chi connectivity index (χ1n) is 5.97. The molecule has 2 rings (SSSR count). The van der Waals surface area contributed by atoms with Gasteiger partial charge in [-0.15, -0.1) is 0 Å². The van der Waals surface area contributed by atoms with Crippen molar-refractivity contribution < 1.29 is 8.42 Å². The van der Waals surface area contributed by atoms with Crippen molar-refractivity contribution in [2.24, 2.45) is 5.10 Å². The molecule has 0 saturated carbocycles. The largest absolute Gasteiger partial charge is 0.276 e. The van der Waals surface area contributed by atoms with Crippen molar-refractivity contribution in [3.8, 4) is 0 Å². The Morgan fingerprint density at radius 1 is 1.10 bits per heavy atom. The van der Waals surface area contributed by atoms with Crippen LogP contribution in [0.4, 0.5) is 0 Å². The molecule has 2 aromatic carbocycles. The second kappa shape index (κ2) is 6.47. The minimum Gasteiger partial charge on any atom is -0.200 e. The molecule has 0 saturated heterocycles. The third-order valence-electron chi connectivity index (χ3n) is 2.71. The van der Waals surface area contributed by atoms with Crippen LogP contribution in [0.1, 0.15) is 12.5 Å². The lowest BCUT2D eigenvalue weighted by Gasteiger charge is -2.06.